The lowest BCUT2D eigenvalue weighted by Crippen LogP contribution is -2.26. The van der Waals surface area contributed by atoms with Crippen molar-refractivity contribution in [2.45, 2.75) is 38.1 Å². The van der Waals surface area contributed by atoms with Gasteiger partial charge in [0.05, 0.1) is 11.7 Å². The van der Waals surface area contributed by atoms with Crippen molar-refractivity contribution in [2.75, 3.05) is 7.05 Å². The number of aromatic nitrogens is 2. The van der Waals surface area contributed by atoms with Gasteiger partial charge >= 0.3 is 0 Å². The standard InChI is InChI=1S/C15H21N3/c1-16-15(12-7-3-2-4-8-12)13-11-17-18-10-6-5-9-14(13)18/h5-6,9-12,15-16H,2-4,7-8H2,1H3. The van der Waals surface area contributed by atoms with Gasteiger partial charge in [-0.2, -0.15) is 5.10 Å². The van der Waals surface area contributed by atoms with Crippen molar-refractivity contribution in [3.05, 3.63) is 36.2 Å². The average molecular weight is 243 g/mol. The Bertz CT molecular complexity index is 511. The Morgan fingerprint density at radius 1 is 1.28 bits per heavy atom. The molecule has 3 nitrogen and oxygen atoms in total. The number of rotatable bonds is 3. The van der Waals surface area contributed by atoms with Crippen molar-refractivity contribution in [1.29, 1.82) is 0 Å². The fourth-order valence-corrected chi connectivity index (χ4v) is 3.31. The minimum absolute atomic E-state index is 0.449. The van der Waals surface area contributed by atoms with E-state index in [2.05, 4.69) is 29.6 Å². The Labute approximate surface area is 108 Å². The molecule has 1 aliphatic carbocycles. The molecule has 1 unspecified atom stereocenters. The van der Waals surface area contributed by atoms with Gasteiger partial charge in [-0.1, -0.05) is 25.3 Å². The first-order chi connectivity index (χ1) is 8.90. The second-order valence-electron chi connectivity index (χ2n) is 5.29. The molecule has 0 aliphatic heterocycles. The van der Waals surface area contributed by atoms with E-state index in [1.807, 2.05) is 23.0 Å². The number of fused-ring (bicyclic) bond motifs is 1. The van der Waals surface area contributed by atoms with Crippen molar-refractivity contribution >= 4 is 5.52 Å². The molecule has 96 valence electrons. The summed E-state index contributed by atoms with van der Waals surface area (Å²) in [6.07, 6.45) is 10.9. The highest BCUT2D eigenvalue weighted by Crippen LogP contribution is 2.35. The normalized spacial score (nSPS) is 19.2. The lowest BCUT2D eigenvalue weighted by Gasteiger charge is -2.29. The summed E-state index contributed by atoms with van der Waals surface area (Å²) in [5.41, 5.74) is 2.59. The summed E-state index contributed by atoms with van der Waals surface area (Å²) in [5.74, 6) is 0.761. The monoisotopic (exact) mass is 243 g/mol. The van der Waals surface area contributed by atoms with Gasteiger partial charge < -0.3 is 5.32 Å². The van der Waals surface area contributed by atoms with Gasteiger partial charge in [0.25, 0.3) is 0 Å². The second kappa shape index (κ2) is 5.11. The van der Waals surface area contributed by atoms with Crippen molar-refractivity contribution in [3.8, 4) is 0 Å². The van der Waals surface area contributed by atoms with Crippen LogP contribution in [0.1, 0.15) is 43.7 Å². The summed E-state index contributed by atoms with van der Waals surface area (Å²) in [7, 11) is 2.08. The minimum atomic E-state index is 0.449. The van der Waals surface area contributed by atoms with Crippen molar-refractivity contribution < 1.29 is 0 Å². The van der Waals surface area contributed by atoms with Crippen LogP contribution in [0.3, 0.4) is 0 Å². The summed E-state index contributed by atoms with van der Waals surface area (Å²) in [6, 6.07) is 6.73. The maximum atomic E-state index is 4.46. The minimum Gasteiger partial charge on any atom is -0.313 e. The van der Waals surface area contributed by atoms with E-state index in [9.17, 15) is 0 Å². The van der Waals surface area contributed by atoms with Crippen molar-refractivity contribution in [1.82, 2.24) is 14.9 Å². The van der Waals surface area contributed by atoms with Crippen LogP contribution in [-0.4, -0.2) is 16.7 Å². The lowest BCUT2D eigenvalue weighted by atomic mass is 9.81. The third-order valence-corrected chi connectivity index (χ3v) is 4.22. The van der Waals surface area contributed by atoms with Crippen LogP contribution in [0.5, 0.6) is 0 Å². The van der Waals surface area contributed by atoms with E-state index < -0.39 is 0 Å². The van der Waals surface area contributed by atoms with Gasteiger partial charge in [-0.25, -0.2) is 4.52 Å². The predicted octanol–water partition coefficient (Wildman–Crippen LogP) is 3.18. The van der Waals surface area contributed by atoms with E-state index in [4.69, 9.17) is 0 Å². The van der Waals surface area contributed by atoms with E-state index in [-0.39, 0.29) is 0 Å². The Hall–Kier alpha value is -1.35. The van der Waals surface area contributed by atoms with E-state index in [0.717, 1.165) is 5.92 Å². The van der Waals surface area contributed by atoms with Crippen LogP contribution < -0.4 is 5.32 Å². The fraction of sp³-hybridized carbons (Fsp3) is 0.533. The Morgan fingerprint density at radius 2 is 2.11 bits per heavy atom. The highest BCUT2D eigenvalue weighted by molar-refractivity contribution is 5.55. The first-order valence-electron chi connectivity index (χ1n) is 6.99. The topological polar surface area (TPSA) is 29.3 Å². The zero-order valence-electron chi connectivity index (χ0n) is 11.0. The molecule has 1 atom stereocenters. The molecule has 3 heteroatoms. The Kier molecular flexibility index (Phi) is 3.33. The van der Waals surface area contributed by atoms with Crippen LogP contribution in [0, 0.1) is 5.92 Å². The third kappa shape index (κ3) is 2.03. The molecule has 0 saturated heterocycles. The van der Waals surface area contributed by atoms with E-state index in [1.165, 1.54) is 43.2 Å². The van der Waals surface area contributed by atoms with E-state index in [1.54, 1.807) is 0 Å². The van der Waals surface area contributed by atoms with Gasteiger partial charge in [-0.15, -0.1) is 0 Å². The van der Waals surface area contributed by atoms with Gasteiger partial charge in [0.2, 0.25) is 0 Å². The largest absolute Gasteiger partial charge is 0.313 e. The van der Waals surface area contributed by atoms with Crippen LogP contribution in [0.25, 0.3) is 5.52 Å². The predicted molar refractivity (Wildman–Crippen MR) is 73.6 cm³/mol. The number of pyridine rings is 1. The smallest absolute Gasteiger partial charge is 0.0709 e. The molecule has 1 fully saturated rings. The number of hydrogen-bond acceptors (Lipinski definition) is 2. The molecule has 2 aromatic heterocycles. The summed E-state index contributed by atoms with van der Waals surface area (Å²) >= 11 is 0. The zero-order chi connectivity index (χ0) is 12.4. The highest BCUT2D eigenvalue weighted by Gasteiger charge is 2.25. The molecule has 2 heterocycles. The molecule has 3 rings (SSSR count). The molecular formula is C15H21N3. The highest BCUT2D eigenvalue weighted by atomic mass is 15.2. The maximum Gasteiger partial charge on any atom is 0.0709 e. The molecule has 0 spiro atoms. The second-order valence-corrected chi connectivity index (χ2v) is 5.29. The molecular weight excluding hydrogens is 222 g/mol. The van der Waals surface area contributed by atoms with Crippen LogP contribution >= 0.6 is 0 Å². The van der Waals surface area contributed by atoms with E-state index >= 15 is 0 Å². The maximum absolute atomic E-state index is 4.46. The summed E-state index contributed by atoms with van der Waals surface area (Å²) in [4.78, 5) is 0. The number of nitrogens with zero attached hydrogens (tertiary/aromatic N) is 2. The molecule has 1 saturated carbocycles. The number of hydrogen-bond donors (Lipinski definition) is 1. The van der Waals surface area contributed by atoms with Gasteiger partial charge in [-0.3, -0.25) is 0 Å². The summed E-state index contributed by atoms with van der Waals surface area (Å²) < 4.78 is 1.97. The zero-order valence-corrected chi connectivity index (χ0v) is 11.0. The molecule has 0 aromatic carbocycles. The van der Waals surface area contributed by atoms with Gasteiger partial charge in [-0.05, 0) is 37.9 Å². The van der Waals surface area contributed by atoms with Crippen LogP contribution in [0.2, 0.25) is 0 Å². The molecule has 0 amide bonds. The Balaban J connectivity index is 1.95. The summed E-state index contributed by atoms with van der Waals surface area (Å²) in [6.45, 7) is 0. The van der Waals surface area contributed by atoms with Crippen LogP contribution in [-0.2, 0) is 0 Å². The quantitative estimate of drug-likeness (QED) is 0.897. The first-order valence-corrected chi connectivity index (χ1v) is 6.99. The van der Waals surface area contributed by atoms with Crippen molar-refractivity contribution in [3.63, 3.8) is 0 Å². The molecule has 1 aliphatic rings. The SMILES string of the molecule is CNC(c1cnn2ccccc12)C1CCCCC1. The van der Waals surface area contributed by atoms with Gasteiger partial charge in [0.1, 0.15) is 0 Å². The third-order valence-electron chi connectivity index (χ3n) is 4.22. The molecule has 0 bridgehead atoms. The Morgan fingerprint density at radius 3 is 2.89 bits per heavy atom. The van der Waals surface area contributed by atoms with Gasteiger partial charge in [0, 0.05) is 17.8 Å². The van der Waals surface area contributed by atoms with Crippen LogP contribution in [0.15, 0.2) is 30.6 Å². The molecule has 2 aromatic rings. The average Bonchev–Trinajstić information content (AvgIpc) is 2.85. The number of nitrogens with one attached hydrogen (secondary N) is 1. The molecule has 0 radical (unpaired) electrons. The summed E-state index contributed by atoms with van der Waals surface area (Å²) in [5, 5.41) is 7.97. The van der Waals surface area contributed by atoms with Gasteiger partial charge in [0.15, 0.2) is 0 Å². The van der Waals surface area contributed by atoms with E-state index in [0.29, 0.717) is 6.04 Å². The van der Waals surface area contributed by atoms with Crippen molar-refractivity contribution in [2.24, 2.45) is 5.92 Å². The molecule has 1 N–H and O–H groups in total. The lowest BCUT2D eigenvalue weighted by molar-refractivity contribution is 0.283. The first kappa shape index (κ1) is 11.7. The molecule has 18 heavy (non-hydrogen) atoms. The van der Waals surface area contributed by atoms with Crippen LogP contribution in [0.4, 0.5) is 0 Å². The fourth-order valence-electron chi connectivity index (χ4n) is 3.31.